The second kappa shape index (κ2) is 12.5. The summed E-state index contributed by atoms with van der Waals surface area (Å²) in [6, 6.07) is 22.0. The number of amides is 1. The van der Waals surface area contributed by atoms with Gasteiger partial charge in [-0.15, -0.1) is 0 Å². The van der Waals surface area contributed by atoms with Gasteiger partial charge in [0.2, 0.25) is 0 Å². The number of hydrogen-bond acceptors (Lipinski definition) is 4. The van der Waals surface area contributed by atoms with Crippen molar-refractivity contribution in [1.29, 1.82) is 0 Å². The van der Waals surface area contributed by atoms with Crippen molar-refractivity contribution >= 4 is 23.7 Å². The van der Waals surface area contributed by atoms with Gasteiger partial charge in [-0.2, -0.15) is 5.10 Å². The first-order valence-electron chi connectivity index (χ1n) is 10.7. The molecule has 166 valence electrons. The molecule has 32 heavy (non-hydrogen) atoms. The number of ether oxygens (including phenoxy) is 2. The van der Waals surface area contributed by atoms with Crippen molar-refractivity contribution in [3.05, 3.63) is 94.5 Å². The number of nitrogens with zero attached hydrogens (tertiary/aromatic N) is 1. The number of nitrogens with one attached hydrogen (secondary N) is 1. The lowest BCUT2D eigenvalue weighted by molar-refractivity contribution is 0.0955. The molecule has 0 saturated carbocycles. The molecule has 0 radical (unpaired) electrons. The maximum atomic E-state index is 12.4. The summed E-state index contributed by atoms with van der Waals surface area (Å²) in [5.41, 5.74) is 4.88. The van der Waals surface area contributed by atoms with Gasteiger partial charge in [-0.3, -0.25) is 4.79 Å². The Morgan fingerprint density at radius 3 is 2.47 bits per heavy atom. The number of halogens is 1. The van der Waals surface area contributed by atoms with Crippen molar-refractivity contribution in [2.45, 2.75) is 32.8 Å². The van der Waals surface area contributed by atoms with Crippen molar-refractivity contribution < 1.29 is 14.3 Å². The van der Waals surface area contributed by atoms with Gasteiger partial charge in [0.1, 0.15) is 18.1 Å². The Morgan fingerprint density at radius 2 is 1.72 bits per heavy atom. The van der Waals surface area contributed by atoms with Crippen molar-refractivity contribution in [3.8, 4) is 11.5 Å². The standard InChI is InChI=1S/C26H27ClN2O3/c1-2-3-6-17-31-25-8-5-4-7-22(25)18-28-29-26(30)21-11-15-24(16-12-21)32-19-20-9-13-23(27)14-10-20/h4-5,7-16,18H,2-3,6,17,19H2,1H3,(H,29,30)/b28-18-. The van der Waals surface area contributed by atoms with E-state index in [-0.39, 0.29) is 5.91 Å². The average molecular weight is 451 g/mol. The lowest BCUT2D eigenvalue weighted by Gasteiger charge is -2.08. The van der Waals surface area contributed by atoms with E-state index in [1.807, 2.05) is 48.5 Å². The van der Waals surface area contributed by atoms with Crippen LogP contribution in [-0.4, -0.2) is 18.7 Å². The first-order chi connectivity index (χ1) is 15.7. The van der Waals surface area contributed by atoms with Crippen LogP contribution >= 0.6 is 11.6 Å². The Bertz CT molecular complexity index is 1020. The average Bonchev–Trinajstić information content (AvgIpc) is 2.82. The lowest BCUT2D eigenvalue weighted by atomic mass is 10.2. The van der Waals surface area contributed by atoms with E-state index in [9.17, 15) is 4.79 Å². The Morgan fingerprint density at radius 1 is 0.969 bits per heavy atom. The molecule has 3 rings (SSSR count). The minimum absolute atomic E-state index is 0.299. The van der Waals surface area contributed by atoms with Gasteiger partial charge in [0.15, 0.2) is 0 Å². The van der Waals surface area contributed by atoms with Crippen molar-refractivity contribution in [1.82, 2.24) is 5.43 Å². The van der Waals surface area contributed by atoms with Gasteiger partial charge in [-0.25, -0.2) is 5.43 Å². The molecule has 0 saturated heterocycles. The molecule has 0 bridgehead atoms. The van der Waals surface area contributed by atoms with Crippen LogP contribution in [0.5, 0.6) is 11.5 Å². The minimum atomic E-state index is -0.299. The van der Waals surface area contributed by atoms with Crippen LogP contribution in [-0.2, 0) is 6.61 Å². The first-order valence-corrected chi connectivity index (χ1v) is 11.1. The van der Waals surface area contributed by atoms with E-state index in [0.717, 1.165) is 36.1 Å². The highest BCUT2D eigenvalue weighted by atomic mass is 35.5. The second-order valence-corrected chi connectivity index (χ2v) is 7.67. The maximum Gasteiger partial charge on any atom is 0.271 e. The molecule has 0 aliphatic carbocycles. The number of hydrogen-bond donors (Lipinski definition) is 1. The fourth-order valence-corrected chi connectivity index (χ4v) is 3.05. The van der Waals surface area contributed by atoms with Crippen molar-refractivity contribution in [2.75, 3.05) is 6.61 Å². The third kappa shape index (κ3) is 7.43. The van der Waals surface area contributed by atoms with Gasteiger partial charge >= 0.3 is 0 Å². The number of carbonyl (C=O) groups is 1. The lowest BCUT2D eigenvalue weighted by Crippen LogP contribution is -2.17. The molecule has 0 aliphatic rings. The topological polar surface area (TPSA) is 59.9 Å². The summed E-state index contributed by atoms with van der Waals surface area (Å²) >= 11 is 5.89. The number of benzene rings is 3. The van der Waals surface area contributed by atoms with E-state index in [0.29, 0.717) is 29.5 Å². The predicted octanol–water partition coefficient (Wildman–Crippen LogP) is 6.25. The summed E-state index contributed by atoms with van der Waals surface area (Å²) in [7, 11) is 0. The molecular formula is C26H27ClN2O3. The zero-order chi connectivity index (χ0) is 22.6. The van der Waals surface area contributed by atoms with E-state index >= 15 is 0 Å². The van der Waals surface area contributed by atoms with Gasteiger partial charge in [0.25, 0.3) is 5.91 Å². The van der Waals surface area contributed by atoms with E-state index in [4.69, 9.17) is 21.1 Å². The summed E-state index contributed by atoms with van der Waals surface area (Å²) in [6.07, 6.45) is 4.89. The number of para-hydroxylation sites is 1. The van der Waals surface area contributed by atoms with Crippen LogP contribution in [0.15, 0.2) is 77.9 Å². The number of unbranched alkanes of at least 4 members (excludes halogenated alkanes) is 2. The SMILES string of the molecule is CCCCCOc1ccccc1/C=N\NC(=O)c1ccc(OCc2ccc(Cl)cc2)cc1. The van der Waals surface area contributed by atoms with Gasteiger partial charge in [0.05, 0.1) is 12.8 Å². The third-order valence-corrected chi connectivity index (χ3v) is 4.98. The molecule has 5 nitrogen and oxygen atoms in total. The van der Waals surface area contributed by atoms with E-state index in [1.54, 1.807) is 30.5 Å². The van der Waals surface area contributed by atoms with E-state index in [2.05, 4.69) is 17.5 Å². The highest BCUT2D eigenvalue weighted by molar-refractivity contribution is 6.30. The summed E-state index contributed by atoms with van der Waals surface area (Å²) in [6.45, 7) is 3.25. The molecule has 0 spiro atoms. The molecular weight excluding hydrogens is 424 g/mol. The highest BCUT2D eigenvalue weighted by Gasteiger charge is 2.06. The zero-order valence-corrected chi connectivity index (χ0v) is 18.8. The molecule has 0 unspecified atom stereocenters. The predicted molar refractivity (Wildman–Crippen MR) is 129 cm³/mol. The minimum Gasteiger partial charge on any atom is -0.493 e. The molecule has 0 aliphatic heterocycles. The summed E-state index contributed by atoms with van der Waals surface area (Å²) < 4.78 is 11.6. The van der Waals surface area contributed by atoms with Gasteiger partial charge in [-0.05, 0) is 60.5 Å². The molecule has 1 amide bonds. The Balaban J connectivity index is 1.50. The maximum absolute atomic E-state index is 12.4. The van der Waals surface area contributed by atoms with Gasteiger partial charge in [-0.1, -0.05) is 55.6 Å². The zero-order valence-electron chi connectivity index (χ0n) is 18.1. The van der Waals surface area contributed by atoms with Crippen LogP contribution in [0.25, 0.3) is 0 Å². The monoisotopic (exact) mass is 450 g/mol. The van der Waals surface area contributed by atoms with E-state index < -0.39 is 0 Å². The number of rotatable bonds is 11. The van der Waals surface area contributed by atoms with Gasteiger partial charge in [0, 0.05) is 16.1 Å². The van der Waals surface area contributed by atoms with E-state index in [1.165, 1.54) is 0 Å². The molecule has 3 aromatic carbocycles. The Labute approximate surface area is 194 Å². The number of carbonyl (C=O) groups excluding carboxylic acids is 1. The molecule has 0 heterocycles. The summed E-state index contributed by atoms with van der Waals surface area (Å²) in [5, 5.41) is 4.77. The van der Waals surface area contributed by atoms with Crippen LogP contribution in [0.4, 0.5) is 0 Å². The molecule has 1 N–H and O–H groups in total. The van der Waals surface area contributed by atoms with Crippen LogP contribution in [0, 0.1) is 0 Å². The second-order valence-electron chi connectivity index (χ2n) is 7.23. The fourth-order valence-electron chi connectivity index (χ4n) is 2.93. The fraction of sp³-hybridized carbons (Fsp3) is 0.231. The highest BCUT2D eigenvalue weighted by Crippen LogP contribution is 2.17. The van der Waals surface area contributed by atoms with Crippen molar-refractivity contribution in [2.24, 2.45) is 5.10 Å². The van der Waals surface area contributed by atoms with Crippen LogP contribution in [0.2, 0.25) is 5.02 Å². The van der Waals surface area contributed by atoms with Crippen LogP contribution in [0.1, 0.15) is 47.7 Å². The molecule has 6 heteroatoms. The van der Waals surface area contributed by atoms with Crippen LogP contribution in [0.3, 0.4) is 0 Å². The molecule has 0 atom stereocenters. The summed E-state index contributed by atoms with van der Waals surface area (Å²) in [4.78, 5) is 12.4. The quantitative estimate of drug-likeness (QED) is 0.213. The molecule has 3 aromatic rings. The Hall–Kier alpha value is -3.31. The Kier molecular flexibility index (Phi) is 9.14. The van der Waals surface area contributed by atoms with Crippen LogP contribution < -0.4 is 14.9 Å². The molecule has 0 fully saturated rings. The largest absolute Gasteiger partial charge is 0.493 e. The van der Waals surface area contributed by atoms with Crippen molar-refractivity contribution in [3.63, 3.8) is 0 Å². The smallest absolute Gasteiger partial charge is 0.271 e. The summed E-state index contributed by atoms with van der Waals surface area (Å²) in [5.74, 6) is 1.13. The number of hydrazone groups is 1. The normalized spacial score (nSPS) is 10.8. The molecule has 0 aromatic heterocycles. The first kappa shape index (κ1) is 23.4. The van der Waals surface area contributed by atoms with Gasteiger partial charge < -0.3 is 9.47 Å². The third-order valence-electron chi connectivity index (χ3n) is 4.73.